The fourth-order valence-corrected chi connectivity index (χ4v) is 2.12. The maximum absolute atomic E-state index is 11.8. The molecular weight excluding hydrogens is 214 g/mol. The number of nitrogens with zero attached hydrogens (tertiary/aromatic N) is 1. The van der Waals surface area contributed by atoms with E-state index in [9.17, 15) is 10.1 Å². The summed E-state index contributed by atoms with van der Waals surface area (Å²) < 4.78 is 4.97. The minimum atomic E-state index is -0.939. The molecular formula is C14H15NO2. The largest absolute Gasteiger partial charge is 0.465 e. The molecule has 0 aromatic heterocycles. The molecule has 2 atom stereocenters. The van der Waals surface area contributed by atoms with Gasteiger partial charge >= 0.3 is 5.97 Å². The summed E-state index contributed by atoms with van der Waals surface area (Å²) in [6, 6.07) is 10.1. The molecule has 1 aromatic carbocycles. The Morgan fingerprint density at radius 2 is 2.18 bits per heavy atom. The number of benzene rings is 1. The van der Waals surface area contributed by atoms with E-state index in [2.05, 4.69) is 6.07 Å². The van der Waals surface area contributed by atoms with E-state index >= 15 is 0 Å². The zero-order valence-corrected chi connectivity index (χ0v) is 10.1. The van der Waals surface area contributed by atoms with Gasteiger partial charge in [-0.05, 0) is 25.8 Å². The predicted molar refractivity (Wildman–Crippen MR) is 63.2 cm³/mol. The fourth-order valence-electron chi connectivity index (χ4n) is 2.12. The molecule has 1 aliphatic carbocycles. The van der Waals surface area contributed by atoms with Crippen molar-refractivity contribution in [3.05, 3.63) is 35.4 Å². The van der Waals surface area contributed by atoms with Gasteiger partial charge in [0.1, 0.15) is 0 Å². The Kier molecular flexibility index (Phi) is 2.89. The lowest BCUT2D eigenvalue weighted by Gasteiger charge is -2.08. The number of hydrogen-bond acceptors (Lipinski definition) is 3. The van der Waals surface area contributed by atoms with Crippen LogP contribution in [0.4, 0.5) is 0 Å². The molecule has 0 heterocycles. The molecule has 2 rings (SSSR count). The first-order valence-electron chi connectivity index (χ1n) is 5.79. The highest BCUT2D eigenvalue weighted by atomic mass is 16.5. The Bertz CT molecular complexity index is 472. The minimum Gasteiger partial charge on any atom is -0.465 e. The smallest absolute Gasteiger partial charge is 0.327 e. The van der Waals surface area contributed by atoms with Gasteiger partial charge in [-0.3, -0.25) is 4.79 Å². The van der Waals surface area contributed by atoms with Crippen molar-refractivity contribution in [2.45, 2.75) is 26.2 Å². The van der Waals surface area contributed by atoms with Gasteiger partial charge in [0, 0.05) is 5.92 Å². The Morgan fingerprint density at radius 1 is 1.53 bits per heavy atom. The van der Waals surface area contributed by atoms with Crippen molar-refractivity contribution in [1.82, 2.24) is 0 Å². The summed E-state index contributed by atoms with van der Waals surface area (Å²) in [6.07, 6.45) is 0.575. The standard InChI is InChI=1S/C14H15NO2/c1-3-17-13(16)14(9-15)8-12(14)11-6-4-10(2)5-7-11/h4-7,12H,3,8H2,1-2H3. The Hall–Kier alpha value is -1.82. The van der Waals surface area contributed by atoms with Crippen LogP contribution >= 0.6 is 0 Å². The maximum atomic E-state index is 11.8. The summed E-state index contributed by atoms with van der Waals surface area (Å²) in [4.78, 5) is 11.8. The Balaban J connectivity index is 2.19. The second-order valence-corrected chi connectivity index (χ2v) is 4.47. The zero-order chi connectivity index (χ0) is 12.5. The number of esters is 1. The first-order chi connectivity index (χ1) is 8.14. The molecule has 0 saturated heterocycles. The first-order valence-corrected chi connectivity index (χ1v) is 5.79. The van der Waals surface area contributed by atoms with Crippen LogP contribution in [-0.2, 0) is 9.53 Å². The van der Waals surface area contributed by atoms with Gasteiger partial charge in [-0.15, -0.1) is 0 Å². The van der Waals surface area contributed by atoms with Gasteiger partial charge in [0.15, 0.2) is 5.41 Å². The fraction of sp³-hybridized carbons (Fsp3) is 0.429. The number of aryl methyl sites for hydroxylation is 1. The summed E-state index contributed by atoms with van der Waals surface area (Å²) in [5.74, 6) is -0.389. The van der Waals surface area contributed by atoms with E-state index in [0.29, 0.717) is 13.0 Å². The predicted octanol–water partition coefficient (Wildman–Crippen LogP) is 2.56. The van der Waals surface area contributed by atoms with E-state index in [1.807, 2.05) is 31.2 Å². The Morgan fingerprint density at radius 3 is 2.71 bits per heavy atom. The van der Waals surface area contributed by atoms with Crippen LogP contribution in [0.15, 0.2) is 24.3 Å². The molecule has 17 heavy (non-hydrogen) atoms. The summed E-state index contributed by atoms with van der Waals surface area (Å²) in [5.41, 5.74) is 1.28. The average Bonchev–Trinajstić information content (AvgIpc) is 3.06. The summed E-state index contributed by atoms with van der Waals surface area (Å²) in [5, 5.41) is 9.19. The van der Waals surface area contributed by atoms with Crippen molar-refractivity contribution in [1.29, 1.82) is 5.26 Å². The number of ether oxygens (including phenoxy) is 1. The van der Waals surface area contributed by atoms with Crippen LogP contribution in [0.3, 0.4) is 0 Å². The summed E-state index contributed by atoms with van der Waals surface area (Å²) in [6.45, 7) is 4.09. The lowest BCUT2D eigenvalue weighted by atomic mass is 10.00. The highest BCUT2D eigenvalue weighted by molar-refractivity contribution is 5.85. The lowest BCUT2D eigenvalue weighted by molar-refractivity contribution is -0.147. The van der Waals surface area contributed by atoms with Gasteiger partial charge in [-0.1, -0.05) is 29.8 Å². The SMILES string of the molecule is CCOC(=O)C1(C#N)CC1c1ccc(C)cc1. The molecule has 0 amide bonds. The van der Waals surface area contributed by atoms with Gasteiger partial charge in [0.25, 0.3) is 0 Å². The molecule has 1 aliphatic rings. The normalized spacial score (nSPS) is 26.1. The minimum absolute atomic E-state index is 0.00727. The summed E-state index contributed by atoms with van der Waals surface area (Å²) in [7, 11) is 0. The number of carbonyl (C=O) groups is 1. The van der Waals surface area contributed by atoms with E-state index in [1.54, 1.807) is 6.92 Å². The molecule has 3 heteroatoms. The molecule has 1 aromatic rings. The van der Waals surface area contributed by atoms with Gasteiger partial charge in [-0.25, -0.2) is 0 Å². The van der Waals surface area contributed by atoms with E-state index in [0.717, 1.165) is 5.56 Å². The molecule has 0 aliphatic heterocycles. The first kappa shape index (κ1) is 11.7. The molecule has 1 saturated carbocycles. The van der Waals surface area contributed by atoms with E-state index in [-0.39, 0.29) is 11.9 Å². The topological polar surface area (TPSA) is 50.1 Å². The van der Waals surface area contributed by atoms with Gasteiger partial charge in [0.05, 0.1) is 12.7 Å². The van der Waals surface area contributed by atoms with Crippen LogP contribution in [0, 0.1) is 23.7 Å². The number of hydrogen-bond donors (Lipinski definition) is 0. The quantitative estimate of drug-likeness (QED) is 0.748. The molecule has 0 bridgehead atoms. The lowest BCUT2D eigenvalue weighted by Crippen LogP contribution is -2.19. The number of rotatable bonds is 3. The van der Waals surface area contributed by atoms with Crippen molar-refractivity contribution in [3.8, 4) is 6.07 Å². The molecule has 1 fully saturated rings. The molecule has 3 nitrogen and oxygen atoms in total. The van der Waals surface area contributed by atoms with Gasteiger partial charge in [0.2, 0.25) is 0 Å². The number of nitriles is 1. The zero-order valence-electron chi connectivity index (χ0n) is 10.1. The van der Waals surface area contributed by atoms with Crippen molar-refractivity contribution >= 4 is 5.97 Å². The Labute approximate surface area is 101 Å². The second kappa shape index (κ2) is 4.21. The van der Waals surface area contributed by atoms with Crippen LogP contribution in [0.1, 0.15) is 30.4 Å². The van der Waals surface area contributed by atoms with Crippen LogP contribution in [-0.4, -0.2) is 12.6 Å². The van der Waals surface area contributed by atoms with Gasteiger partial charge < -0.3 is 4.74 Å². The van der Waals surface area contributed by atoms with E-state index < -0.39 is 5.41 Å². The van der Waals surface area contributed by atoms with Crippen molar-refractivity contribution < 1.29 is 9.53 Å². The second-order valence-electron chi connectivity index (χ2n) is 4.47. The number of carbonyl (C=O) groups excluding carboxylic acids is 1. The van der Waals surface area contributed by atoms with Gasteiger partial charge in [-0.2, -0.15) is 5.26 Å². The third-order valence-electron chi connectivity index (χ3n) is 3.28. The van der Waals surface area contributed by atoms with E-state index in [4.69, 9.17) is 4.74 Å². The highest BCUT2D eigenvalue weighted by Crippen LogP contribution is 2.59. The highest BCUT2D eigenvalue weighted by Gasteiger charge is 2.62. The molecule has 2 unspecified atom stereocenters. The monoisotopic (exact) mass is 229 g/mol. The average molecular weight is 229 g/mol. The van der Waals surface area contributed by atoms with Crippen LogP contribution < -0.4 is 0 Å². The van der Waals surface area contributed by atoms with Crippen molar-refractivity contribution in [3.63, 3.8) is 0 Å². The van der Waals surface area contributed by atoms with Crippen LogP contribution in [0.5, 0.6) is 0 Å². The molecule has 0 radical (unpaired) electrons. The molecule has 88 valence electrons. The van der Waals surface area contributed by atoms with Crippen molar-refractivity contribution in [2.24, 2.45) is 5.41 Å². The third kappa shape index (κ3) is 1.91. The summed E-state index contributed by atoms with van der Waals surface area (Å²) >= 11 is 0. The van der Waals surface area contributed by atoms with Crippen molar-refractivity contribution in [2.75, 3.05) is 6.61 Å². The maximum Gasteiger partial charge on any atom is 0.327 e. The van der Waals surface area contributed by atoms with Crippen LogP contribution in [0.25, 0.3) is 0 Å². The molecule has 0 N–H and O–H groups in total. The molecule has 0 spiro atoms. The van der Waals surface area contributed by atoms with E-state index in [1.165, 1.54) is 5.56 Å². The third-order valence-corrected chi connectivity index (χ3v) is 3.28. The van der Waals surface area contributed by atoms with Crippen LogP contribution in [0.2, 0.25) is 0 Å².